The van der Waals surface area contributed by atoms with E-state index < -0.39 is 6.04 Å². The number of rotatable bonds is 3. The van der Waals surface area contributed by atoms with E-state index >= 15 is 0 Å². The molecule has 0 saturated carbocycles. The van der Waals surface area contributed by atoms with Crippen LogP contribution in [-0.2, 0) is 4.79 Å². The fourth-order valence-corrected chi connectivity index (χ4v) is 4.32. The van der Waals surface area contributed by atoms with Gasteiger partial charge in [-0.2, -0.15) is 0 Å². The molecule has 1 aliphatic heterocycles. The lowest BCUT2D eigenvalue weighted by Gasteiger charge is -2.35. The highest BCUT2D eigenvalue weighted by molar-refractivity contribution is 7.17. The van der Waals surface area contributed by atoms with Crippen molar-refractivity contribution < 1.29 is 14.0 Å². The molecule has 1 unspecified atom stereocenters. The first-order chi connectivity index (χ1) is 13.5. The van der Waals surface area contributed by atoms with Crippen LogP contribution in [0.2, 0.25) is 0 Å². The van der Waals surface area contributed by atoms with E-state index in [4.69, 9.17) is 0 Å². The Morgan fingerprint density at radius 1 is 1.18 bits per heavy atom. The van der Waals surface area contributed by atoms with Crippen molar-refractivity contribution in [2.45, 2.75) is 13.0 Å². The van der Waals surface area contributed by atoms with Crippen LogP contribution < -0.4 is 5.32 Å². The summed E-state index contributed by atoms with van der Waals surface area (Å²) in [4.78, 5) is 32.4. The summed E-state index contributed by atoms with van der Waals surface area (Å²) >= 11 is 1.32. The van der Waals surface area contributed by atoms with Crippen LogP contribution in [0.1, 0.15) is 27.0 Å². The number of halogens is 1. The molecule has 0 spiro atoms. The number of carbonyl (C=O) groups excluding carboxylic acids is 2. The molecule has 0 bridgehead atoms. The first-order valence-electron chi connectivity index (χ1n) is 8.91. The number of hydrogen-bond donors (Lipinski definition) is 1. The summed E-state index contributed by atoms with van der Waals surface area (Å²) < 4.78 is 13.3. The molecule has 7 heteroatoms. The minimum atomic E-state index is -0.788. The molecule has 1 fully saturated rings. The second-order valence-corrected chi connectivity index (χ2v) is 7.54. The molecule has 2 aromatic carbocycles. The summed E-state index contributed by atoms with van der Waals surface area (Å²) in [5, 5.41) is 3.55. The summed E-state index contributed by atoms with van der Waals surface area (Å²) in [7, 11) is 0. The van der Waals surface area contributed by atoms with Crippen molar-refractivity contribution in [2.75, 3.05) is 13.1 Å². The Bertz CT molecular complexity index is 1020. The molecule has 1 N–H and O–H groups in total. The third-order valence-corrected chi connectivity index (χ3v) is 5.86. The van der Waals surface area contributed by atoms with Gasteiger partial charge in [0.15, 0.2) is 0 Å². The van der Waals surface area contributed by atoms with E-state index in [9.17, 15) is 14.0 Å². The zero-order valence-electron chi connectivity index (χ0n) is 15.2. The standard InChI is InChI=1S/C21H18FN3O2S/c1-13-18(28-20(24-13)15-5-3-2-4-6-15)21(27)25-12-11-23-19(26)17(25)14-7-9-16(22)10-8-14/h2-10,17H,11-12H2,1H3,(H,23,26). The van der Waals surface area contributed by atoms with Crippen LogP contribution in [0, 0.1) is 12.7 Å². The van der Waals surface area contributed by atoms with Gasteiger partial charge in [0.25, 0.3) is 5.91 Å². The van der Waals surface area contributed by atoms with Crippen LogP contribution >= 0.6 is 11.3 Å². The van der Waals surface area contributed by atoms with Gasteiger partial charge in [-0.15, -0.1) is 11.3 Å². The van der Waals surface area contributed by atoms with Gasteiger partial charge < -0.3 is 10.2 Å². The number of thiazole rings is 1. The summed E-state index contributed by atoms with van der Waals surface area (Å²) in [6, 6.07) is 14.6. The van der Waals surface area contributed by atoms with E-state index in [0.29, 0.717) is 29.2 Å². The fraction of sp³-hybridized carbons (Fsp3) is 0.190. The van der Waals surface area contributed by atoms with Crippen LogP contribution in [0.25, 0.3) is 10.6 Å². The number of piperazine rings is 1. The van der Waals surface area contributed by atoms with E-state index in [1.165, 1.54) is 23.5 Å². The second kappa shape index (κ2) is 7.52. The predicted molar refractivity (Wildman–Crippen MR) is 105 cm³/mol. The van der Waals surface area contributed by atoms with Gasteiger partial charge >= 0.3 is 0 Å². The lowest BCUT2D eigenvalue weighted by molar-refractivity contribution is -0.128. The average Bonchev–Trinajstić information content (AvgIpc) is 3.10. The summed E-state index contributed by atoms with van der Waals surface area (Å²) in [5.41, 5.74) is 2.16. The molecule has 0 aliphatic carbocycles. The Balaban J connectivity index is 1.68. The van der Waals surface area contributed by atoms with Crippen molar-refractivity contribution in [1.29, 1.82) is 0 Å². The quantitative estimate of drug-likeness (QED) is 0.738. The molecule has 1 aromatic heterocycles. The van der Waals surface area contributed by atoms with E-state index in [2.05, 4.69) is 10.3 Å². The van der Waals surface area contributed by atoms with E-state index in [1.54, 1.807) is 24.0 Å². The maximum absolute atomic E-state index is 13.3. The minimum absolute atomic E-state index is 0.235. The van der Waals surface area contributed by atoms with Crippen molar-refractivity contribution in [3.05, 3.63) is 76.5 Å². The van der Waals surface area contributed by atoms with E-state index in [0.717, 1.165) is 10.6 Å². The van der Waals surface area contributed by atoms with Gasteiger partial charge in [-0.25, -0.2) is 9.37 Å². The summed E-state index contributed by atoms with van der Waals surface area (Å²) in [6.45, 7) is 2.56. The molecular formula is C21H18FN3O2S. The van der Waals surface area contributed by atoms with E-state index in [1.807, 2.05) is 30.3 Å². The number of nitrogens with one attached hydrogen (secondary N) is 1. The van der Waals surface area contributed by atoms with Gasteiger partial charge in [-0.05, 0) is 24.6 Å². The Morgan fingerprint density at radius 2 is 1.89 bits per heavy atom. The summed E-state index contributed by atoms with van der Waals surface area (Å²) in [6.07, 6.45) is 0. The number of carbonyl (C=O) groups is 2. The number of aromatic nitrogens is 1. The average molecular weight is 395 g/mol. The van der Waals surface area contributed by atoms with Gasteiger partial charge in [-0.1, -0.05) is 42.5 Å². The molecule has 2 amide bonds. The van der Waals surface area contributed by atoms with Gasteiger partial charge in [0, 0.05) is 18.7 Å². The lowest BCUT2D eigenvalue weighted by Crippen LogP contribution is -2.52. The molecular weight excluding hydrogens is 377 g/mol. The van der Waals surface area contributed by atoms with Crippen molar-refractivity contribution in [3.8, 4) is 10.6 Å². The van der Waals surface area contributed by atoms with Crippen LogP contribution in [0.4, 0.5) is 4.39 Å². The first kappa shape index (κ1) is 18.3. The predicted octanol–water partition coefficient (Wildman–Crippen LogP) is 3.57. The number of amides is 2. The van der Waals surface area contributed by atoms with Crippen molar-refractivity contribution in [1.82, 2.24) is 15.2 Å². The summed E-state index contributed by atoms with van der Waals surface area (Å²) in [5.74, 6) is -0.887. The Kier molecular flexibility index (Phi) is 4.92. The van der Waals surface area contributed by atoms with Gasteiger partial charge in [0.05, 0.1) is 5.69 Å². The highest BCUT2D eigenvalue weighted by Crippen LogP contribution is 2.32. The monoisotopic (exact) mass is 395 g/mol. The van der Waals surface area contributed by atoms with Crippen LogP contribution in [0.3, 0.4) is 0 Å². The number of hydrogen-bond acceptors (Lipinski definition) is 4. The molecule has 28 heavy (non-hydrogen) atoms. The molecule has 1 saturated heterocycles. The third-order valence-electron chi connectivity index (χ3n) is 4.67. The van der Waals surface area contributed by atoms with E-state index in [-0.39, 0.29) is 17.6 Å². The van der Waals surface area contributed by atoms with Crippen molar-refractivity contribution in [3.63, 3.8) is 0 Å². The SMILES string of the molecule is Cc1nc(-c2ccccc2)sc1C(=O)N1CCNC(=O)C1c1ccc(F)cc1. The molecule has 0 radical (unpaired) electrons. The highest BCUT2D eigenvalue weighted by atomic mass is 32.1. The Labute approximate surface area is 165 Å². The molecule has 5 nitrogen and oxygen atoms in total. The molecule has 142 valence electrons. The minimum Gasteiger partial charge on any atom is -0.352 e. The molecule has 3 aromatic rings. The van der Waals surface area contributed by atoms with Gasteiger partial charge in [0.2, 0.25) is 5.91 Å². The molecule has 1 atom stereocenters. The number of aryl methyl sites for hydroxylation is 1. The van der Waals surface area contributed by atoms with Gasteiger partial charge in [-0.3, -0.25) is 9.59 Å². The third kappa shape index (κ3) is 3.41. The normalized spacial score (nSPS) is 16.7. The van der Waals surface area contributed by atoms with Crippen LogP contribution in [-0.4, -0.2) is 34.8 Å². The van der Waals surface area contributed by atoms with Crippen molar-refractivity contribution >= 4 is 23.2 Å². The highest BCUT2D eigenvalue weighted by Gasteiger charge is 2.36. The molecule has 1 aliphatic rings. The smallest absolute Gasteiger partial charge is 0.266 e. The Morgan fingerprint density at radius 3 is 2.61 bits per heavy atom. The van der Waals surface area contributed by atoms with Crippen LogP contribution in [0.5, 0.6) is 0 Å². The van der Waals surface area contributed by atoms with Crippen molar-refractivity contribution in [2.24, 2.45) is 0 Å². The fourth-order valence-electron chi connectivity index (χ4n) is 3.29. The zero-order valence-corrected chi connectivity index (χ0v) is 16.0. The topological polar surface area (TPSA) is 62.3 Å². The van der Waals surface area contributed by atoms with Crippen LogP contribution in [0.15, 0.2) is 54.6 Å². The second-order valence-electron chi connectivity index (χ2n) is 6.54. The molecule has 4 rings (SSSR count). The lowest BCUT2D eigenvalue weighted by atomic mass is 10.0. The van der Waals surface area contributed by atoms with Gasteiger partial charge in [0.1, 0.15) is 21.7 Å². The largest absolute Gasteiger partial charge is 0.352 e. The number of benzene rings is 2. The maximum Gasteiger partial charge on any atom is 0.266 e. The zero-order chi connectivity index (χ0) is 19.7. The number of nitrogens with zero attached hydrogens (tertiary/aromatic N) is 2. The maximum atomic E-state index is 13.3. The first-order valence-corrected chi connectivity index (χ1v) is 9.73. The molecule has 2 heterocycles. The Hall–Kier alpha value is -3.06.